The average molecular weight is 478 g/mol. The smallest absolute Gasteiger partial charge is 0.249 e. The molecule has 1 N–H and O–H groups in total. The summed E-state index contributed by atoms with van der Waals surface area (Å²) in [6.45, 7) is 0. The molecule has 4 aromatic carbocycles. The topological polar surface area (TPSA) is 42.1 Å². The third-order valence-electron chi connectivity index (χ3n) is 6.14. The molecular formula is C31H24ClNO2. The van der Waals surface area contributed by atoms with E-state index in [-0.39, 0.29) is 11.5 Å². The van der Waals surface area contributed by atoms with Gasteiger partial charge in [0.15, 0.2) is 0 Å². The van der Waals surface area contributed by atoms with E-state index in [0.29, 0.717) is 5.02 Å². The maximum absolute atomic E-state index is 12.4. The number of hydrogen-bond donors (Lipinski definition) is 1. The van der Waals surface area contributed by atoms with Crippen molar-refractivity contribution in [3.05, 3.63) is 146 Å². The minimum atomic E-state index is -0.123. The van der Waals surface area contributed by atoms with E-state index in [9.17, 15) is 4.79 Å². The fourth-order valence-corrected chi connectivity index (χ4v) is 4.52. The Morgan fingerprint density at radius 2 is 1.43 bits per heavy atom. The number of rotatable bonds is 6. The highest BCUT2D eigenvalue weighted by molar-refractivity contribution is 6.30. The molecule has 0 spiro atoms. The standard InChI is InChI=1S/C31H24ClNO2/c1-35-27-16-11-23(12-17-27)31(22-9-14-26(32)15-10-22)25-13-18-29-28(19-25)24(20-30(34)33-29)8-7-21-5-3-2-4-6-21/h2-20,31H,1H3,(H,33,34). The zero-order valence-electron chi connectivity index (χ0n) is 19.2. The van der Waals surface area contributed by atoms with Crippen LogP contribution in [0.3, 0.4) is 0 Å². The van der Waals surface area contributed by atoms with E-state index in [1.165, 1.54) is 0 Å². The van der Waals surface area contributed by atoms with Crippen LogP contribution in [0.4, 0.5) is 0 Å². The molecule has 0 bridgehead atoms. The lowest BCUT2D eigenvalue weighted by atomic mass is 9.84. The van der Waals surface area contributed by atoms with E-state index in [2.05, 4.69) is 41.4 Å². The van der Waals surface area contributed by atoms with Gasteiger partial charge in [-0.1, -0.05) is 84.4 Å². The Hall–Kier alpha value is -4.08. The van der Waals surface area contributed by atoms with Crippen molar-refractivity contribution in [1.82, 2.24) is 4.98 Å². The number of aromatic nitrogens is 1. The number of benzene rings is 4. The van der Waals surface area contributed by atoms with Crippen LogP contribution in [0.2, 0.25) is 5.02 Å². The Kier molecular flexibility index (Phi) is 6.51. The van der Waals surface area contributed by atoms with Crippen LogP contribution in [-0.2, 0) is 0 Å². The summed E-state index contributed by atoms with van der Waals surface area (Å²) >= 11 is 6.19. The van der Waals surface area contributed by atoms with E-state index in [4.69, 9.17) is 16.3 Å². The second-order valence-corrected chi connectivity index (χ2v) is 8.83. The zero-order valence-corrected chi connectivity index (χ0v) is 20.0. The summed E-state index contributed by atoms with van der Waals surface area (Å²) in [5.41, 5.74) is 6.02. The summed E-state index contributed by atoms with van der Waals surface area (Å²) in [5.74, 6) is 0.800. The van der Waals surface area contributed by atoms with Gasteiger partial charge in [-0.3, -0.25) is 4.79 Å². The van der Waals surface area contributed by atoms with Gasteiger partial charge in [-0.2, -0.15) is 0 Å². The zero-order chi connectivity index (χ0) is 24.2. The first-order valence-corrected chi connectivity index (χ1v) is 11.8. The van der Waals surface area contributed by atoms with Gasteiger partial charge >= 0.3 is 0 Å². The van der Waals surface area contributed by atoms with Gasteiger partial charge in [-0.15, -0.1) is 0 Å². The number of nitrogens with one attached hydrogen (secondary N) is 1. The Morgan fingerprint density at radius 1 is 0.771 bits per heavy atom. The molecule has 5 rings (SSSR count). The monoisotopic (exact) mass is 477 g/mol. The van der Waals surface area contributed by atoms with Crippen molar-refractivity contribution in [2.24, 2.45) is 0 Å². The van der Waals surface area contributed by atoms with E-state index in [1.54, 1.807) is 13.2 Å². The fraction of sp³-hybridized carbons (Fsp3) is 0.0645. The first-order valence-electron chi connectivity index (χ1n) is 11.4. The summed E-state index contributed by atoms with van der Waals surface area (Å²) < 4.78 is 5.37. The van der Waals surface area contributed by atoms with Gasteiger partial charge in [0, 0.05) is 27.9 Å². The van der Waals surface area contributed by atoms with Gasteiger partial charge in [0.05, 0.1) is 7.11 Å². The number of aromatic amines is 1. The van der Waals surface area contributed by atoms with Crippen molar-refractivity contribution in [3.63, 3.8) is 0 Å². The summed E-state index contributed by atoms with van der Waals surface area (Å²) in [4.78, 5) is 15.3. The number of methoxy groups -OCH3 is 1. The van der Waals surface area contributed by atoms with E-state index < -0.39 is 0 Å². The lowest BCUT2D eigenvalue weighted by molar-refractivity contribution is 0.414. The van der Waals surface area contributed by atoms with Crippen molar-refractivity contribution in [2.45, 2.75) is 5.92 Å². The molecule has 3 nitrogen and oxygen atoms in total. The molecule has 0 saturated carbocycles. The Balaban J connectivity index is 1.65. The molecule has 35 heavy (non-hydrogen) atoms. The maximum Gasteiger partial charge on any atom is 0.249 e. The predicted molar refractivity (Wildman–Crippen MR) is 145 cm³/mol. The summed E-state index contributed by atoms with van der Waals surface area (Å²) in [6.07, 6.45) is 4.03. The molecule has 5 aromatic rings. The third kappa shape index (κ3) is 5.06. The first-order chi connectivity index (χ1) is 17.1. The summed E-state index contributed by atoms with van der Waals surface area (Å²) in [7, 11) is 1.67. The van der Waals surface area contributed by atoms with Gasteiger partial charge in [0.25, 0.3) is 0 Å². The molecule has 0 radical (unpaired) electrons. The van der Waals surface area contributed by atoms with Crippen LogP contribution in [0.1, 0.15) is 33.7 Å². The quantitative estimate of drug-likeness (QED) is 0.257. The number of H-pyrrole nitrogens is 1. The van der Waals surface area contributed by atoms with Gasteiger partial charge in [0.1, 0.15) is 5.75 Å². The van der Waals surface area contributed by atoms with Crippen LogP contribution in [0.5, 0.6) is 5.75 Å². The minimum absolute atomic E-state index is 0.0135. The lowest BCUT2D eigenvalue weighted by Gasteiger charge is -2.20. The Labute approximate surface area is 209 Å². The molecule has 172 valence electrons. The first kappa shape index (κ1) is 22.7. The molecule has 0 aliphatic rings. The summed E-state index contributed by atoms with van der Waals surface area (Å²) in [6, 6.07) is 34.0. The maximum atomic E-state index is 12.4. The lowest BCUT2D eigenvalue weighted by Crippen LogP contribution is -2.07. The SMILES string of the molecule is COc1ccc(C(c2ccc(Cl)cc2)c2ccc3[nH]c(=O)cc(C=Cc4ccccc4)c3c2)cc1. The highest BCUT2D eigenvalue weighted by Crippen LogP contribution is 2.35. The van der Waals surface area contributed by atoms with Crippen molar-refractivity contribution in [1.29, 1.82) is 0 Å². The largest absolute Gasteiger partial charge is 0.497 e. The minimum Gasteiger partial charge on any atom is -0.497 e. The normalized spacial score (nSPS) is 12.2. The molecule has 0 aliphatic carbocycles. The molecule has 1 aromatic heterocycles. The molecule has 0 amide bonds. The van der Waals surface area contributed by atoms with Gasteiger partial charge in [-0.25, -0.2) is 0 Å². The van der Waals surface area contributed by atoms with Crippen LogP contribution in [0.25, 0.3) is 23.1 Å². The Morgan fingerprint density at radius 3 is 2.11 bits per heavy atom. The second-order valence-electron chi connectivity index (χ2n) is 8.40. The van der Waals surface area contributed by atoms with Gasteiger partial charge in [-0.05, 0) is 64.2 Å². The molecule has 0 saturated heterocycles. The predicted octanol–water partition coefficient (Wildman–Crippen LogP) is 7.54. The number of fused-ring (bicyclic) bond motifs is 1. The van der Waals surface area contributed by atoms with E-state index >= 15 is 0 Å². The second kappa shape index (κ2) is 10.0. The van der Waals surface area contributed by atoms with Crippen molar-refractivity contribution >= 4 is 34.7 Å². The Bertz CT molecular complexity index is 1540. The van der Waals surface area contributed by atoms with Crippen molar-refractivity contribution < 1.29 is 4.74 Å². The highest BCUT2D eigenvalue weighted by Gasteiger charge is 2.18. The number of pyridine rings is 1. The van der Waals surface area contributed by atoms with Gasteiger partial charge in [0.2, 0.25) is 5.56 Å². The van der Waals surface area contributed by atoms with Crippen molar-refractivity contribution in [2.75, 3.05) is 7.11 Å². The fourth-order valence-electron chi connectivity index (χ4n) is 4.39. The molecular weight excluding hydrogens is 454 g/mol. The van der Waals surface area contributed by atoms with Gasteiger partial charge < -0.3 is 9.72 Å². The molecule has 1 unspecified atom stereocenters. The van der Waals surface area contributed by atoms with Crippen LogP contribution in [0.15, 0.2) is 108 Å². The highest BCUT2D eigenvalue weighted by atomic mass is 35.5. The van der Waals surface area contributed by atoms with Crippen LogP contribution in [0, 0.1) is 0 Å². The van der Waals surface area contributed by atoms with Crippen LogP contribution < -0.4 is 10.3 Å². The third-order valence-corrected chi connectivity index (χ3v) is 6.39. The van der Waals surface area contributed by atoms with E-state index in [0.717, 1.165) is 44.5 Å². The van der Waals surface area contributed by atoms with Crippen LogP contribution in [-0.4, -0.2) is 12.1 Å². The molecule has 4 heteroatoms. The molecule has 1 atom stereocenters. The van der Waals surface area contributed by atoms with E-state index in [1.807, 2.05) is 72.8 Å². The molecule has 1 heterocycles. The molecule has 0 aliphatic heterocycles. The number of halogens is 1. The molecule has 0 fully saturated rings. The van der Waals surface area contributed by atoms with Crippen molar-refractivity contribution in [3.8, 4) is 5.75 Å². The van der Waals surface area contributed by atoms with Crippen LogP contribution >= 0.6 is 11.6 Å². The average Bonchev–Trinajstić information content (AvgIpc) is 2.89. The number of hydrogen-bond acceptors (Lipinski definition) is 2. The summed E-state index contributed by atoms with van der Waals surface area (Å²) in [5, 5.41) is 1.69. The number of ether oxygens (including phenoxy) is 1.